The molecule has 3 N–H and O–H groups in total. The molecule has 7 nitrogen and oxygen atoms in total. The molecule has 0 fully saturated rings. The first-order valence-electron chi connectivity index (χ1n) is 7.79. The van der Waals surface area contributed by atoms with Gasteiger partial charge in [-0.25, -0.2) is 13.4 Å². The topological polar surface area (TPSA) is 108 Å². The summed E-state index contributed by atoms with van der Waals surface area (Å²) in [5, 5.41) is 11.9. The molecule has 0 bridgehead atoms. The van der Waals surface area contributed by atoms with Gasteiger partial charge < -0.3 is 10.4 Å². The lowest BCUT2D eigenvalue weighted by molar-refractivity contribution is 0.0922. The molecule has 0 spiro atoms. The van der Waals surface area contributed by atoms with Crippen molar-refractivity contribution in [3.05, 3.63) is 54.1 Å². The Hall–Kier alpha value is -2.49. The highest BCUT2D eigenvalue weighted by Gasteiger charge is 2.17. The number of sulfonamides is 1. The Morgan fingerprint density at radius 2 is 1.96 bits per heavy atom. The lowest BCUT2D eigenvalue weighted by Crippen LogP contribution is -2.34. The SMILES string of the molecule is C[C@@H](CO)NC(=O)c1ccc2nc(NS(=O)(=O)c3ccccc3)sc2c1. The van der Waals surface area contributed by atoms with Crippen LogP contribution in [-0.4, -0.2) is 37.1 Å². The van der Waals surface area contributed by atoms with Gasteiger partial charge in [0.25, 0.3) is 15.9 Å². The number of nitrogens with zero attached hydrogens (tertiary/aromatic N) is 1. The maximum absolute atomic E-state index is 12.4. The number of aromatic nitrogens is 1. The summed E-state index contributed by atoms with van der Waals surface area (Å²) < 4.78 is 27.9. The number of nitrogens with one attached hydrogen (secondary N) is 2. The maximum Gasteiger partial charge on any atom is 0.263 e. The van der Waals surface area contributed by atoms with Gasteiger partial charge in [0.1, 0.15) is 0 Å². The van der Waals surface area contributed by atoms with Gasteiger partial charge in [0, 0.05) is 11.6 Å². The van der Waals surface area contributed by atoms with E-state index < -0.39 is 10.0 Å². The number of aliphatic hydroxyl groups excluding tert-OH is 1. The number of carbonyl (C=O) groups is 1. The first kappa shape index (κ1) is 18.3. The van der Waals surface area contributed by atoms with Crippen LogP contribution in [0.3, 0.4) is 0 Å². The number of fused-ring (bicyclic) bond motifs is 1. The Balaban J connectivity index is 1.85. The largest absolute Gasteiger partial charge is 0.394 e. The highest BCUT2D eigenvalue weighted by Crippen LogP contribution is 2.28. The molecule has 1 aromatic heterocycles. The van der Waals surface area contributed by atoms with Crippen molar-refractivity contribution in [3.63, 3.8) is 0 Å². The molecule has 0 aliphatic carbocycles. The lowest BCUT2D eigenvalue weighted by Gasteiger charge is -2.10. The minimum Gasteiger partial charge on any atom is -0.394 e. The van der Waals surface area contributed by atoms with Crippen LogP contribution in [0.4, 0.5) is 5.13 Å². The van der Waals surface area contributed by atoms with Crippen molar-refractivity contribution in [1.82, 2.24) is 10.3 Å². The Morgan fingerprint density at radius 3 is 2.65 bits per heavy atom. The monoisotopic (exact) mass is 391 g/mol. The quantitative estimate of drug-likeness (QED) is 0.597. The number of hydrogen-bond donors (Lipinski definition) is 3. The van der Waals surface area contributed by atoms with Crippen LogP contribution in [0.15, 0.2) is 53.4 Å². The summed E-state index contributed by atoms with van der Waals surface area (Å²) >= 11 is 1.14. The van der Waals surface area contributed by atoms with Crippen LogP contribution in [0.1, 0.15) is 17.3 Å². The third-order valence-electron chi connectivity index (χ3n) is 3.58. The van der Waals surface area contributed by atoms with Crippen LogP contribution in [0.25, 0.3) is 10.2 Å². The van der Waals surface area contributed by atoms with Gasteiger partial charge in [-0.3, -0.25) is 9.52 Å². The number of carbonyl (C=O) groups excluding carboxylic acids is 1. The van der Waals surface area contributed by atoms with E-state index in [1.807, 2.05) is 0 Å². The second kappa shape index (κ2) is 7.40. The molecular weight excluding hydrogens is 374 g/mol. The average molecular weight is 391 g/mol. The molecule has 1 heterocycles. The molecule has 9 heteroatoms. The first-order valence-corrected chi connectivity index (χ1v) is 10.1. The van der Waals surface area contributed by atoms with Gasteiger partial charge in [-0.05, 0) is 37.3 Å². The lowest BCUT2D eigenvalue weighted by atomic mass is 10.2. The summed E-state index contributed by atoms with van der Waals surface area (Å²) in [4.78, 5) is 16.5. The van der Waals surface area contributed by atoms with Crippen molar-refractivity contribution in [2.24, 2.45) is 0 Å². The van der Waals surface area contributed by atoms with Crippen LogP contribution < -0.4 is 10.0 Å². The number of benzene rings is 2. The number of aliphatic hydroxyl groups is 1. The minimum absolute atomic E-state index is 0.150. The van der Waals surface area contributed by atoms with E-state index >= 15 is 0 Å². The molecule has 3 aromatic rings. The van der Waals surface area contributed by atoms with Gasteiger partial charge in [-0.2, -0.15) is 0 Å². The van der Waals surface area contributed by atoms with E-state index in [2.05, 4.69) is 15.0 Å². The van der Waals surface area contributed by atoms with E-state index in [-0.39, 0.29) is 28.6 Å². The Kier molecular flexibility index (Phi) is 5.21. The Bertz CT molecular complexity index is 1030. The molecule has 2 aromatic carbocycles. The predicted octanol–water partition coefficient (Wildman–Crippen LogP) is 2.21. The van der Waals surface area contributed by atoms with E-state index in [9.17, 15) is 13.2 Å². The van der Waals surface area contributed by atoms with Gasteiger partial charge in [-0.15, -0.1) is 0 Å². The van der Waals surface area contributed by atoms with Crippen LogP contribution in [0, 0.1) is 0 Å². The van der Waals surface area contributed by atoms with Crippen molar-refractivity contribution in [2.45, 2.75) is 17.9 Å². The molecule has 0 saturated carbocycles. The first-order chi connectivity index (χ1) is 12.4. The zero-order valence-electron chi connectivity index (χ0n) is 13.8. The highest BCUT2D eigenvalue weighted by atomic mass is 32.2. The summed E-state index contributed by atoms with van der Waals surface area (Å²) in [6, 6.07) is 12.6. The molecule has 0 unspecified atom stereocenters. The molecule has 0 saturated heterocycles. The standard InChI is InChI=1S/C17H17N3O4S2/c1-11(10-21)18-16(22)12-7-8-14-15(9-12)25-17(19-14)20-26(23,24)13-5-3-2-4-6-13/h2-9,11,21H,10H2,1H3,(H,18,22)(H,19,20)/t11-/m0/s1. The van der Waals surface area contributed by atoms with E-state index in [0.29, 0.717) is 15.8 Å². The maximum atomic E-state index is 12.4. The Morgan fingerprint density at radius 1 is 1.23 bits per heavy atom. The van der Waals surface area contributed by atoms with Gasteiger partial charge in [0.15, 0.2) is 5.13 Å². The molecule has 0 radical (unpaired) electrons. The fourth-order valence-corrected chi connectivity index (χ4v) is 4.40. The van der Waals surface area contributed by atoms with Crippen LogP contribution in [0.5, 0.6) is 0 Å². The van der Waals surface area contributed by atoms with Crippen LogP contribution in [-0.2, 0) is 10.0 Å². The number of rotatable bonds is 6. The normalized spacial score (nSPS) is 12.7. The summed E-state index contributed by atoms with van der Waals surface area (Å²) in [6.45, 7) is 1.54. The van der Waals surface area contributed by atoms with Crippen LogP contribution >= 0.6 is 11.3 Å². The van der Waals surface area contributed by atoms with Crippen molar-refractivity contribution in [1.29, 1.82) is 0 Å². The second-order valence-electron chi connectivity index (χ2n) is 5.68. The average Bonchev–Trinajstić information content (AvgIpc) is 3.02. The summed E-state index contributed by atoms with van der Waals surface area (Å²) in [7, 11) is -3.72. The predicted molar refractivity (Wildman–Crippen MR) is 101 cm³/mol. The van der Waals surface area contributed by atoms with E-state index in [1.54, 1.807) is 43.3 Å². The molecule has 26 heavy (non-hydrogen) atoms. The van der Waals surface area contributed by atoms with Crippen molar-refractivity contribution in [2.75, 3.05) is 11.3 Å². The molecular formula is C17H17N3O4S2. The van der Waals surface area contributed by atoms with Crippen molar-refractivity contribution >= 4 is 42.6 Å². The van der Waals surface area contributed by atoms with Gasteiger partial charge in [0.05, 0.1) is 21.7 Å². The molecule has 0 aliphatic rings. The molecule has 0 aliphatic heterocycles. The smallest absolute Gasteiger partial charge is 0.263 e. The molecule has 3 rings (SSSR count). The van der Waals surface area contributed by atoms with Crippen molar-refractivity contribution < 1.29 is 18.3 Å². The number of anilines is 1. The molecule has 1 amide bonds. The van der Waals surface area contributed by atoms with E-state index in [4.69, 9.17) is 5.11 Å². The third kappa shape index (κ3) is 4.01. The highest BCUT2D eigenvalue weighted by molar-refractivity contribution is 7.93. The van der Waals surface area contributed by atoms with Gasteiger partial charge in [-0.1, -0.05) is 29.5 Å². The number of amides is 1. The number of thiazole rings is 1. The summed E-state index contributed by atoms with van der Waals surface area (Å²) in [5.41, 5.74) is 1.01. The van der Waals surface area contributed by atoms with Gasteiger partial charge in [0.2, 0.25) is 0 Å². The van der Waals surface area contributed by atoms with Crippen LogP contribution in [0.2, 0.25) is 0 Å². The molecule has 136 valence electrons. The minimum atomic E-state index is -3.72. The van der Waals surface area contributed by atoms with Crippen molar-refractivity contribution in [3.8, 4) is 0 Å². The summed E-state index contributed by atoms with van der Waals surface area (Å²) in [6.07, 6.45) is 0. The zero-order chi connectivity index (χ0) is 18.7. The summed E-state index contributed by atoms with van der Waals surface area (Å²) in [5.74, 6) is -0.312. The fraction of sp³-hybridized carbons (Fsp3) is 0.176. The zero-order valence-corrected chi connectivity index (χ0v) is 15.5. The Labute approximate surface area is 154 Å². The second-order valence-corrected chi connectivity index (χ2v) is 8.39. The molecule has 1 atom stereocenters. The third-order valence-corrected chi connectivity index (χ3v) is 5.99. The fourth-order valence-electron chi connectivity index (χ4n) is 2.24. The van der Waals surface area contributed by atoms with E-state index in [0.717, 1.165) is 11.3 Å². The van der Waals surface area contributed by atoms with E-state index in [1.165, 1.54) is 12.1 Å². The van der Waals surface area contributed by atoms with Gasteiger partial charge >= 0.3 is 0 Å². The number of hydrogen-bond acceptors (Lipinski definition) is 6.